The number of ether oxygens (including phenoxy) is 1. The zero-order valence-corrected chi connectivity index (χ0v) is 9.97. The van der Waals surface area contributed by atoms with E-state index < -0.39 is 0 Å². The molecule has 3 nitrogen and oxygen atoms in total. The van der Waals surface area contributed by atoms with Gasteiger partial charge in [0.1, 0.15) is 6.61 Å². The van der Waals surface area contributed by atoms with Gasteiger partial charge in [-0.2, -0.15) is 0 Å². The number of hydrogen-bond donors (Lipinski definition) is 1. The van der Waals surface area contributed by atoms with Gasteiger partial charge in [0.2, 0.25) is 0 Å². The minimum Gasteiger partial charge on any atom is -0.374 e. The fourth-order valence-electron chi connectivity index (χ4n) is 2.17. The van der Waals surface area contributed by atoms with Crippen LogP contribution in [0.25, 0.3) is 0 Å². The zero-order chi connectivity index (χ0) is 11.1. The molecule has 0 aromatic rings. The van der Waals surface area contributed by atoms with E-state index in [0.717, 1.165) is 38.8 Å². The van der Waals surface area contributed by atoms with Crippen LogP contribution in [0.2, 0.25) is 0 Å². The highest BCUT2D eigenvalue weighted by atomic mass is 16.5. The van der Waals surface area contributed by atoms with Gasteiger partial charge in [-0.1, -0.05) is 13.8 Å². The van der Waals surface area contributed by atoms with Gasteiger partial charge in [-0.3, -0.25) is 4.79 Å². The molecule has 1 rings (SSSR count). The van der Waals surface area contributed by atoms with E-state index >= 15 is 0 Å². The standard InChI is InChI=1S/C12H23NO2/c1-3-8-15-9-11(14)12(4-2)6-5-7-13-10-12/h13H,3-10H2,1-2H3. The summed E-state index contributed by atoms with van der Waals surface area (Å²) in [7, 11) is 0. The number of hydrogen-bond acceptors (Lipinski definition) is 3. The lowest BCUT2D eigenvalue weighted by Crippen LogP contribution is -2.46. The van der Waals surface area contributed by atoms with Crippen molar-refractivity contribution in [2.24, 2.45) is 5.41 Å². The van der Waals surface area contributed by atoms with Gasteiger partial charge in [-0.05, 0) is 32.2 Å². The molecule has 88 valence electrons. The van der Waals surface area contributed by atoms with Crippen molar-refractivity contribution < 1.29 is 9.53 Å². The minimum absolute atomic E-state index is 0.147. The third kappa shape index (κ3) is 3.28. The second kappa shape index (κ2) is 6.23. The predicted octanol–water partition coefficient (Wildman–Crippen LogP) is 1.76. The Morgan fingerprint density at radius 3 is 2.80 bits per heavy atom. The largest absolute Gasteiger partial charge is 0.374 e. The van der Waals surface area contributed by atoms with Gasteiger partial charge in [0.05, 0.1) is 0 Å². The molecule has 0 radical (unpaired) electrons. The minimum atomic E-state index is -0.147. The third-order valence-electron chi connectivity index (χ3n) is 3.32. The molecule has 0 amide bonds. The van der Waals surface area contributed by atoms with Gasteiger partial charge < -0.3 is 10.1 Å². The van der Waals surface area contributed by atoms with Gasteiger partial charge in [0, 0.05) is 18.6 Å². The van der Waals surface area contributed by atoms with Crippen molar-refractivity contribution in [2.75, 3.05) is 26.3 Å². The van der Waals surface area contributed by atoms with Crippen LogP contribution in [0.3, 0.4) is 0 Å². The molecule has 0 saturated carbocycles. The number of ketones is 1. The summed E-state index contributed by atoms with van der Waals surface area (Å²) < 4.78 is 5.35. The van der Waals surface area contributed by atoms with Gasteiger partial charge in [-0.25, -0.2) is 0 Å². The highest BCUT2D eigenvalue weighted by Crippen LogP contribution is 2.31. The zero-order valence-electron chi connectivity index (χ0n) is 9.97. The number of Topliss-reactive ketones (excluding diaryl/α,β-unsaturated/α-hetero) is 1. The van der Waals surface area contributed by atoms with E-state index in [0.29, 0.717) is 13.2 Å². The van der Waals surface area contributed by atoms with Crippen LogP contribution in [0.4, 0.5) is 0 Å². The molecule has 1 saturated heterocycles. The average molecular weight is 213 g/mol. The molecule has 1 unspecified atom stereocenters. The van der Waals surface area contributed by atoms with Crippen LogP contribution in [-0.2, 0) is 9.53 Å². The smallest absolute Gasteiger partial charge is 0.165 e. The molecule has 1 atom stereocenters. The summed E-state index contributed by atoms with van der Waals surface area (Å²) in [5, 5.41) is 3.32. The summed E-state index contributed by atoms with van der Waals surface area (Å²) in [6, 6.07) is 0. The lowest BCUT2D eigenvalue weighted by Gasteiger charge is -2.35. The summed E-state index contributed by atoms with van der Waals surface area (Å²) >= 11 is 0. The van der Waals surface area contributed by atoms with E-state index in [1.165, 1.54) is 0 Å². The number of carbonyl (C=O) groups is 1. The SMILES string of the molecule is CCCOCC(=O)C1(CC)CCCNC1. The van der Waals surface area contributed by atoms with Crippen LogP contribution < -0.4 is 5.32 Å². The maximum atomic E-state index is 12.1. The Morgan fingerprint density at radius 2 is 2.27 bits per heavy atom. The normalized spacial score (nSPS) is 26.5. The molecule has 0 aromatic carbocycles. The summed E-state index contributed by atoms with van der Waals surface area (Å²) in [4.78, 5) is 12.1. The molecule has 0 spiro atoms. The molecule has 1 aliphatic heterocycles. The van der Waals surface area contributed by atoms with Crippen LogP contribution in [-0.4, -0.2) is 32.1 Å². The van der Waals surface area contributed by atoms with Crippen LogP contribution in [0, 0.1) is 5.41 Å². The van der Waals surface area contributed by atoms with E-state index in [1.807, 2.05) is 0 Å². The van der Waals surface area contributed by atoms with E-state index in [4.69, 9.17) is 4.74 Å². The molecule has 0 aliphatic carbocycles. The van der Waals surface area contributed by atoms with E-state index in [2.05, 4.69) is 19.2 Å². The van der Waals surface area contributed by atoms with Gasteiger partial charge in [-0.15, -0.1) is 0 Å². The van der Waals surface area contributed by atoms with Crippen LogP contribution >= 0.6 is 0 Å². The lowest BCUT2D eigenvalue weighted by atomic mass is 9.75. The van der Waals surface area contributed by atoms with E-state index in [1.54, 1.807) is 0 Å². The number of nitrogens with one attached hydrogen (secondary N) is 1. The Labute approximate surface area is 92.6 Å². The molecule has 0 aromatic heterocycles. The first kappa shape index (κ1) is 12.7. The van der Waals surface area contributed by atoms with Crippen molar-refractivity contribution in [2.45, 2.75) is 39.5 Å². The number of rotatable bonds is 6. The quantitative estimate of drug-likeness (QED) is 0.683. The van der Waals surface area contributed by atoms with Crippen molar-refractivity contribution in [3.63, 3.8) is 0 Å². The van der Waals surface area contributed by atoms with Gasteiger partial charge in [0.25, 0.3) is 0 Å². The van der Waals surface area contributed by atoms with Crippen molar-refractivity contribution >= 4 is 5.78 Å². The molecule has 1 fully saturated rings. The maximum absolute atomic E-state index is 12.1. The molecule has 1 heterocycles. The van der Waals surface area contributed by atoms with Crippen molar-refractivity contribution in [3.8, 4) is 0 Å². The Hall–Kier alpha value is -0.410. The summed E-state index contributed by atoms with van der Waals surface area (Å²) in [6.45, 7) is 7.03. The Bertz CT molecular complexity index is 198. The first-order valence-corrected chi connectivity index (χ1v) is 6.07. The van der Waals surface area contributed by atoms with Gasteiger partial charge in [0.15, 0.2) is 5.78 Å². The van der Waals surface area contributed by atoms with Crippen LogP contribution in [0.1, 0.15) is 39.5 Å². The highest BCUT2D eigenvalue weighted by molar-refractivity contribution is 5.86. The highest BCUT2D eigenvalue weighted by Gasteiger charge is 2.37. The maximum Gasteiger partial charge on any atom is 0.165 e. The molecular formula is C12H23NO2. The topological polar surface area (TPSA) is 38.3 Å². The Kier molecular flexibility index (Phi) is 5.26. The molecule has 15 heavy (non-hydrogen) atoms. The Balaban J connectivity index is 2.45. The summed E-state index contributed by atoms with van der Waals surface area (Å²) in [5.41, 5.74) is -0.147. The average Bonchev–Trinajstić information content (AvgIpc) is 2.30. The fourth-order valence-corrected chi connectivity index (χ4v) is 2.17. The summed E-state index contributed by atoms with van der Waals surface area (Å²) in [5.74, 6) is 0.283. The van der Waals surface area contributed by atoms with Crippen molar-refractivity contribution in [1.29, 1.82) is 0 Å². The number of carbonyl (C=O) groups excluding carboxylic acids is 1. The number of piperidine rings is 1. The van der Waals surface area contributed by atoms with Crippen molar-refractivity contribution in [3.05, 3.63) is 0 Å². The first-order chi connectivity index (χ1) is 7.25. The molecular weight excluding hydrogens is 190 g/mol. The third-order valence-corrected chi connectivity index (χ3v) is 3.32. The predicted molar refractivity (Wildman–Crippen MR) is 60.9 cm³/mol. The van der Waals surface area contributed by atoms with Gasteiger partial charge >= 0.3 is 0 Å². The second-order valence-corrected chi connectivity index (χ2v) is 4.39. The Morgan fingerprint density at radius 1 is 1.47 bits per heavy atom. The van der Waals surface area contributed by atoms with Crippen LogP contribution in [0.15, 0.2) is 0 Å². The molecule has 3 heteroatoms. The molecule has 1 aliphatic rings. The van der Waals surface area contributed by atoms with E-state index in [-0.39, 0.29) is 11.2 Å². The van der Waals surface area contributed by atoms with Crippen LogP contribution in [0.5, 0.6) is 0 Å². The first-order valence-electron chi connectivity index (χ1n) is 6.07. The lowest BCUT2D eigenvalue weighted by molar-refractivity contribution is -0.134. The van der Waals surface area contributed by atoms with E-state index in [9.17, 15) is 4.79 Å². The second-order valence-electron chi connectivity index (χ2n) is 4.39. The van der Waals surface area contributed by atoms with Crippen molar-refractivity contribution in [1.82, 2.24) is 5.32 Å². The monoisotopic (exact) mass is 213 g/mol. The molecule has 1 N–H and O–H groups in total. The fraction of sp³-hybridized carbons (Fsp3) is 0.917. The summed E-state index contributed by atoms with van der Waals surface area (Å²) in [6.07, 6.45) is 4.02. The molecule has 0 bridgehead atoms.